The second-order valence-corrected chi connectivity index (χ2v) is 6.28. The summed E-state index contributed by atoms with van der Waals surface area (Å²) in [6, 6.07) is 17.5. The van der Waals surface area contributed by atoms with Gasteiger partial charge in [-0.2, -0.15) is 0 Å². The van der Waals surface area contributed by atoms with Gasteiger partial charge < -0.3 is 14.8 Å². The van der Waals surface area contributed by atoms with Crippen molar-refractivity contribution < 1.29 is 14.3 Å². The van der Waals surface area contributed by atoms with Gasteiger partial charge in [-0.05, 0) is 63.4 Å². The fourth-order valence-corrected chi connectivity index (χ4v) is 2.45. The molecule has 0 aliphatic rings. The minimum atomic E-state index is -0.509. The van der Waals surface area contributed by atoms with Crippen LogP contribution in [0.5, 0.6) is 11.5 Å². The van der Waals surface area contributed by atoms with Gasteiger partial charge in [-0.25, -0.2) is 0 Å². The van der Waals surface area contributed by atoms with E-state index in [4.69, 9.17) is 9.47 Å². The average molecular weight is 341 g/mol. The third-order valence-corrected chi connectivity index (χ3v) is 3.64. The van der Waals surface area contributed by atoms with Crippen LogP contribution < -0.4 is 14.8 Å². The first kappa shape index (κ1) is 18.8. The lowest BCUT2D eigenvalue weighted by Gasteiger charge is -2.14. The van der Waals surface area contributed by atoms with Crippen LogP contribution in [-0.2, 0) is 11.2 Å². The van der Waals surface area contributed by atoms with Crippen LogP contribution in [0.2, 0.25) is 0 Å². The Morgan fingerprint density at radius 2 is 1.68 bits per heavy atom. The third kappa shape index (κ3) is 6.87. The summed E-state index contributed by atoms with van der Waals surface area (Å²) in [4.78, 5) is 12.1. The van der Waals surface area contributed by atoms with Gasteiger partial charge in [0.25, 0.3) is 5.91 Å². The number of amides is 1. The summed E-state index contributed by atoms with van der Waals surface area (Å²) in [6.07, 6.45) is 1.42. The lowest BCUT2D eigenvalue weighted by Crippen LogP contribution is -2.36. The van der Waals surface area contributed by atoms with Gasteiger partial charge in [-0.15, -0.1) is 0 Å². The molecule has 1 unspecified atom stereocenters. The van der Waals surface area contributed by atoms with E-state index in [9.17, 15) is 4.79 Å². The van der Waals surface area contributed by atoms with Gasteiger partial charge in [0.15, 0.2) is 6.10 Å². The van der Waals surface area contributed by atoms with Gasteiger partial charge in [0.05, 0.1) is 6.10 Å². The normalized spacial score (nSPS) is 11.8. The first-order chi connectivity index (χ1) is 12.0. The maximum absolute atomic E-state index is 12.1. The predicted octanol–water partition coefficient (Wildman–Crippen LogP) is 3.99. The molecule has 134 valence electrons. The highest BCUT2D eigenvalue weighted by Crippen LogP contribution is 2.16. The summed E-state index contributed by atoms with van der Waals surface area (Å²) in [7, 11) is 0. The topological polar surface area (TPSA) is 47.6 Å². The van der Waals surface area contributed by atoms with Crippen LogP contribution in [0.25, 0.3) is 0 Å². The fraction of sp³-hybridized carbons (Fsp3) is 0.381. The van der Waals surface area contributed by atoms with E-state index < -0.39 is 6.10 Å². The van der Waals surface area contributed by atoms with Crippen LogP contribution in [0.4, 0.5) is 0 Å². The van der Waals surface area contributed by atoms with E-state index in [0.717, 1.165) is 18.6 Å². The molecule has 1 atom stereocenters. The Morgan fingerprint density at radius 3 is 2.40 bits per heavy atom. The molecular weight excluding hydrogens is 314 g/mol. The van der Waals surface area contributed by atoms with E-state index in [1.807, 2.05) is 56.3 Å². The highest BCUT2D eigenvalue weighted by atomic mass is 16.5. The number of benzene rings is 2. The Hall–Kier alpha value is -2.49. The molecule has 0 spiro atoms. The quantitative estimate of drug-likeness (QED) is 0.702. The number of hydrogen-bond acceptors (Lipinski definition) is 3. The van der Waals surface area contributed by atoms with Crippen molar-refractivity contribution in [3.63, 3.8) is 0 Å². The van der Waals surface area contributed by atoms with E-state index in [0.29, 0.717) is 12.3 Å². The zero-order chi connectivity index (χ0) is 18.1. The maximum atomic E-state index is 12.1. The van der Waals surface area contributed by atoms with Crippen LogP contribution in [0.15, 0.2) is 54.6 Å². The van der Waals surface area contributed by atoms with Crippen molar-refractivity contribution >= 4 is 5.91 Å². The van der Waals surface area contributed by atoms with E-state index in [2.05, 4.69) is 17.4 Å². The van der Waals surface area contributed by atoms with Crippen molar-refractivity contribution in [3.05, 3.63) is 60.2 Å². The molecule has 1 amide bonds. The van der Waals surface area contributed by atoms with Crippen LogP contribution in [0, 0.1) is 0 Å². The Bertz CT molecular complexity index is 655. The summed E-state index contributed by atoms with van der Waals surface area (Å²) >= 11 is 0. The molecule has 4 nitrogen and oxygen atoms in total. The minimum absolute atomic E-state index is 0.0965. The van der Waals surface area contributed by atoms with Gasteiger partial charge in [-0.1, -0.05) is 30.3 Å². The predicted molar refractivity (Wildman–Crippen MR) is 100 cm³/mol. The Labute approximate surface area is 150 Å². The molecule has 4 heteroatoms. The highest BCUT2D eigenvalue weighted by molar-refractivity contribution is 5.80. The van der Waals surface area contributed by atoms with E-state index >= 15 is 0 Å². The highest BCUT2D eigenvalue weighted by Gasteiger charge is 2.13. The molecule has 0 aliphatic carbocycles. The SMILES string of the molecule is CC(C)Oc1cccc(CCCNC(=O)C(C)Oc2ccccc2)c1. The van der Waals surface area contributed by atoms with Crippen molar-refractivity contribution in [2.24, 2.45) is 0 Å². The summed E-state index contributed by atoms with van der Waals surface area (Å²) in [5.41, 5.74) is 1.21. The molecule has 0 radical (unpaired) electrons. The lowest BCUT2D eigenvalue weighted by molar-refractivity contribution is -0.127. The number of para-hydroxylation sites is 1. The summed E-state index contributed by atoms with van der Waals surface area (Å²) in [5.74, 6) is 1.49. The molecule has 2 aromatic rings. The summed E-state index contributed by atoms with van der Waals surface area (Å²) in [5, 5.41) is 2.92. The molecule has 0 aliphatic heterocycles. The monoisotopic (exact) mass is 341 g/mol. The van der Waals surface area contributed by atoms with Gasteiger partial charge in [0.2, 0.25) is 0 Å². The number of rotatable bonds is 9. The number of ether oxygens (including phenoxy) is 2. The second-order valence-electron chi connectivity index (χ2n) is 6.28. The number of aryl methyl sites for hydroxylation is 1. The van der Waals surface area contributed by atoms with Gasteiger partial charge >= 0.3 is 0 Å². The second kappa shape index (κ2) is 9.72. The number of hydrogen-bond donors (Lipinski definition) is 1. The fourth-order valence-electron chi connectivity index (χ4n) is 2.45. The van der Waals surface area contributed by atoms with E-state index in [-0.39, 0.29) is 12.0 Å². The molecular formula is C21H27NO3. The molecule has 0 saturated carbocycles. The third-order valence-electron chi connectivity index (χ3n) is 3.64. The maximum Gasteiger partial charge on any atom is 0.260 e. The van der Waals surface area contributed by atoms with Crippen molar-refractivity contribution in [2.75, 3.05) is 6.54 Å². The lowest BCUT2D eigenvalue weighted by atomic mass is 10.1. The summed E-state index contributed by atoms with van der Waals surface area (Å²) in [6.45, 7) is 6.41. The van der Waals surface area contributed by atoms with Gasteiger partial charge in [0.1, 0.15) is 11.5 Å². The van der Waals surface area contributed by atoms with Crippen LogP contribution in [0.1, 0.15) is 32.8 Å². The van der Waals surface area contributed by atoms with E-state index in [1.165, 1.54) is 5.56 Å². The first-order valence-corrected chi connectivity index (χ1v) is 8.79. The van der Waals surface area contributed by atoms with Gasteiger partial charge in [0, 0.05) is 6.54 Å². The molecule has 25 heavy (non-hydrogen) atoms. The molecule has 2 rings (SSSR count). The van der Waals surface area contributed by atoms with Crippen molar-refractivity contribution in [2.45, 2.75) is 45.8 Å². The molecule has 0 aromatic heterocycles. The van der Waals surface area contributed by atoms with Crippen LogP contribution >= 0.6 is 0 Å². The average Bonchev–Trinajstić information content (AvgIpc) is 2.59. The molecule has 2 aromatic carbocycles. The van der Waals surface area contributed by atoms with Crippen molar-refractivity contribution in [1.29, 1.82) is 0 Å². The first-order valence-electron chi connectivity index (χ1n) is 8.79. The Balaban J connectivity index is 1.71. The smallest absolute Gasteiger partial charge is 0.260 e. The number of nitrogens with one attached hydrogen (secondary N) is 1. The zero-order valence-electron chi connectivity index (χ0n) is 15.2. The molecule has 1 N–H and O–H groups in total. The number of carbonyl (C=O) groups excluding carboxylic acids is 1. The summed E-state index contributed by atoms with van der Waals surface area (Å²) < 4.78 is 11.3. The zero-order valence-corrected chi connectivity index (χ0v) is 15.2. The molecule has 0 heterocycles. The molecule has 0 saturated heterocycles. The largest absolute Gasteiger partial charge is 0.491 e. The van der Waals surface area contributed by atoms with Crippen LogP contribution in [-0.4, -0.2) is 24.7 Å². The number of carbonyl (C=O) groups is 1. The standard InChI is InChI=1S/C21H27NO3/c1-16(2)24-20-13-7-9-18(15-20)10-8-14-22-21(23)17(3)25-19-11-5-4-6-12-19/h4-7,9,11-13,15-17H,8,10,14H2,1-3H3,(H,22,23). The Morgan fingerprint density at radius 1 is 0.960 bits per heavy atom. The molecule has 0 bridgehead atoms. The Kier molecular flexibility index (Phi) is 7.33. The van der Waals surface area contributed by atoms with Gasteiger partial charge in [-0.3, -0.25) is 4.79 Å². The van der Waals surface area contributed by atoms with Crippen molar-refractivity contribution in [1.82, 2.24) is 5.32 Å². The molecule has 0 fully saturated rings. The van der Waals surface area contributed by atoms with Crippen LogP contribution in [0.3, 0.4) is 0 Å². The minimum Gasteiger partial charge on any atom is -0.491 e. The van der Waals surface area contributed by atoms with E-state index in [1.54, 1.807) is 6.92 Å². The van der Waals surface area contributed by atoms with Crippen molar-refractivity contribution in [3.8, 4) is 11.5 Å².